The molecule has 2 N–H and O–H groups in total. The first-order valence-corrected chi connectivity index (χ1v) is 7.61. The average Bonchev–Trinajstić information content (AvgIpc) is 2.65. The third kappa shape index (κ3) is 4.91. The average molecular weight is 343 g/mol. The number of carbonyl (C=O) groups is 1. The summed E-state index contributed by atoms with van der Waals surface area (Å²) in [5, 5.41) is 12.3. The number of rotatable bonds is 7. The zero-order valence-electron chi connectivity index (χ0n) is 14.4. The molecule has 2 aromatic rings. The molecule has 0 unspecified atom stereocenters. The summed E-state index contributed by atoms with van der Waals surface area (Å²) in [5.41, 5.74) is 1.64. The molecule has 0 spiro atoms. The molecule has 0 aliphatic rings. The summed E-state index contributed by atoms with van der Waals surface area (Å²) in [6, 6.07) is 10.3. The van der Waals surface area contributed by atoms with Crippen LogP contribution in [0.1, 0.15) is 11.1 Å². The Kier molecular flexibility index (Phi) is 6.28. The van der Waals surface area contributed by atoms with Crippen LogP contribution in [-0.2, 0) is 11.3 Å². The maximum Gasteiger partial charge on any atom is 0.244 e. The minimum atomic E-state index is -0.234. The van der Waals surface area contributed by atoms with Gasteiger partial charge in [0.05, 0.1) is 21.3 Å². The van der Waals surface area contributed by atoms with Gasteiger partial charge in [0.25, 0.3) is 0 Å². The van der Waals surface area contributed by atoms with Gasteiger partial charge >= 0.3 is 0 Å². The molecule has 0 saturated heterocycles. The molecule has 0 aliphatic heterocycles. The minimum absolute atomic E-state index is 0.0610. The van der Waals surface area contributed by atoms with E-state index in [2.05, 4.69) is 5.32 Å². The van der Waals surface area contributed by atoms with E-state index < -0.39 is 0 Å². The second-order valence-electron chi connectivity index (χ2n) is 5.17. The Bertz CT molecular complexity index is 770. The number of benzene rings is 2. The van der Waals surface area contributed by atoms with Crippen LogP contribution in [0.5, 0.6) is 23.0 Å². The summed E-state index contributed by atoms with van der Waals surface area (Å²) in [6.45, 7) is 0.325. The minimum Gasteiger partial charge on any atom is -0.504 e. The van der Waals surface area contributed by atoms with E-state index in [9.17, 15) is 9.90 Å². The molecule has 0 saturated carbocycles. The third-order valence-corrected chi connectivity index (χ3v) is 3.55. The highest BCUT2D eigenvalue weighted by Crippen LogP contribution is 2.28. The van der Waals surface area contributed by atoms with Crippen LogP contribution >= 0.6 is 0 Å². The number of carbonyl (C=O) groups excluding carboxylic acids is 1. The first-order valence-electron chi connectivity index (χ1n) is 7.61. The van der Waals surface area contributed by atoms with E-state index in [1.807, 2.05) is 6.07 Å². The Morgan fingerprint density at radius 1 is 1.00 bits per heavy atom. The number of ether oxygens (including phenoxy) is 3. The van der Waals surface area contributed by atoms with E-state index in [0.29, 0.717) is 23.8 Å². The molecular weight excluding hydrogens is 322 g/mol. The lowest BCUT2D eigenvalue weighted by Gasteiger charge is -2.08. The molecule has 0 aromatic heterocycles. The lowest BCUT2D eigenvalue weighted by Crippen LogP contribution is -2.20. The van der Waals surface area contributed by atoms with Gasteiger partial charge in [0.15, 0.2) is 23.0 Å². The van der Waals surface area contributed by atoms with Crippen molar-refractivity contribution < 1.29 is 24.1 Å². The Hall–Kier alpha value is -3.15. The molecule has 25 heavy (non-hydrogen) atoms. The van der Waals surface area contributed by atoms with Crippen LogP contribution in [0.3, 0.4) is 0 Å². The van der Waals surface area contributed by atoms with Gasteiger partial charge in [-0.3, -0.25) is 4.79 Å². The van der Waals surface area contributed by atoms with Crippen molar-refractivity contribution in [2.45, 2.75) is 6.54 Å². The topological polar surface area (TPSA) is 77.0 Å². The summed E-state index contributed by atoms with van der Waals surface area (Å²) in [4.78, 5) is 12.0. The standard InChI is InChI=1S/C19H21NO5/c1-23-16-8-5-13(10-18(16)25-3)6-9-19(22)20-12-14-4-7-15(21)17(11-14)24-2/h4-11,21H,12H2,1-3H3,(H,20,22)/b9-6+. The lowest BCUT2D eigenvalue weighted by atomic mass is 10.2. The van der Waals surface area contributed by atoms with Gasteiger partial charge in [0, 0.05) is 12.6 Å². The van der Waals surface area contributed by atoms with Crippen molar-refractivity contribution in [2.24, 2.45) is 0 Å². The van der Waals surface area contributed by atoms with Crippen LogP contribution in [0.25, 0.3) is 6.08 Å². The number of methoxy groups -OCH3 is 3. The molecule has 0 radical (unpaired) electrons. The van der Waals surface area contributed by atoms with E-state index in [-0.39, 0.29) is 11.7 Å². The summed E-state index contributed by atoms with van der Waals surface area (Å²) in [6.07, 6.45) is 3.13. The van der Waals surface area contributed by atoms with Crippen molar-refractivity contribution in [2.75, 3.05) is 21.3 Å². The smallest absolute Gasteiger partial charge is 0.244 e. The van der Waals surface area contributed by atoms with Gasteiger partial charge < -0.3 is 24.6 Å². The fraction of sp³-hybridized carbons (Fsp3) is 0.211. The normalized spacial score (nSPS) is 10.5. The Morgan fingerprint density at radius 3 is 2.40 bits per heavy atom. The first-order chi connectivity index (χ1) is 12.1. The molecule has 132 valence electrons. The summed E-state index contributed by atoms with van der Waals surface area (Å²) >= 11 is 0. The first kappa shape index (κ1) is 18.2. The van der Waals surface area contributed by atoms with Gasteiger partial charge in [-0.15, -0.1) is 0 Å². The van der Waals surface area contributed by atoms with Crippen LogP contribution in [0.4, 0.5) is 0 Å². The molecule has 6 heteroatoms. The van der Waals surface area contributed by atoms with Gasteiger partial charge in [-0.1, -0.05) is 12.1 Å². The lowest BCUT2D eigenvalue weighted by molar-refractivity contribution is -0.116. The van der Waals surface area contributed by atoms with Gasteiger partial charge in [0.1, 0.15) is 0 Å². The maximum absolute atomic E-state index is 12.0. The number of hydrogen-bond donors (Lipinski definition) is 2. The summed E-state index contributed by atoms with van der Waals surface area (Å²) < 4.78 is 15.4. The van der Waals surface area contributed by atoms with E-state index in [1.54, 1.807) is 44.6 Å². The molecule has 0 aliphatic carbocycles. The van der Waals surface area contributed by atoms with Crippen molar-refractivity contribution in [3.05, 3.63) is 53.6 Å². The SMILES string of the molecule is COc1cc(CNC(=O)/C=C/c2ccc(OC)c(OC)c2)ccc1O. The Morgan fingerprint density at radius 2 is 1.72 bits per heavy atom. The zero-order valence-corrected chi connectivity index (χ0v) is 14.4. The van der Waals surface area contributed by atoms with E-state index in [0.717, 1.165) is 11.1 Å². The monoisotopic (exact) mass is 343 g/mol. The third-order valence-electron chi connectivity index (χ3n) is 3.55. The van der Waals surface area contributed by atoms with Crippen LogP contribution in [0.2, 0.25) is 0 Å². The Labute approximate surface area is 146 Å². The van der Waals surface area contributed by atoms with Gasteiger partial charge in [0.2, 0.25) is 5.91 Å². The number of amides is 1. The molecule has 0 bridgehead atoms. The Balaban J connectivity index is 1.97. The quantitative estimate of drug-likeness (QED) is 0.756. The van der Waals surface area contributed by atoms with Crippen molar-refractivity contribution in [1.29, 1.82) is 0 Å². The highest BCUT2D eigenvalue weighted by Gasteiger charge is 2.05. The van der Waals surface area contributed by atoms with Crippen molar-refractivity contribution in [3.63, 3.8) is 0 Å². The van der Waals surface area contributed by atoms with Crippen molar-refractivity contribution in [1.82, 2.24) is 5.32 Å². The van der Waals surface area contributed by atoms with E-state index in [1.165, 1.54) is 19.3 Å². The fourth-order valence-electron chi connectivity index (χ4n) is 2.21. The molecular formula is C19H21NO5. The molecule has 0 atom stereocenters. The summed E-state index contributed by atoms with van der Waals surface area (Å²) in [5.74, 6) is 1.42. The fourth-order valence-corrected chi connectivity index (χ4v) is 2.21. The molecule has 1 amide bonds. The van der Waals surface area contributed by atoms with Crippen LogP contribution < -0.4 is 19.5 Å². The van der Waals surface area contributed by atoms with Crippen LogP contribution in [0, 0.1) is 0 Å². The van der Waals surface area contributed by atoms with Gasteiger partial charge in [-0.05, 0) is 41.5 Å². The predicted molar refractivity (Wildman–Crippen MR) is 95.1 cm³/mol. The molecule has 0 heterocycles. The second kappa shape index (κ2) is 8.63. The summed E-state index contributed by atoms with van der Waals surface area (Å²) in [7, 11) is 4.60. The molecule has 2 aromatic carbocycles. The van der Waals surface area contributed by atoms with Crippen LogP contribution in [0.15, 0.2) is 42.5 Å². The van der Waals surface area contributed by atoms with Gasteiger partial charge in [-0.25, -0.2) is 0 Å². The number of nitrogens with one attached hydrogen (secondary N) is 1. The second-order valence-corrected chi connectivity index (χ2v) is 5.17. The van der Waals surface area contributed by atoms with E-state index >= 15 is 0 Å². The highest BCUT2D eigenvalue weighted by atomic mass is 16.5. The number of phenolic OH excluding ortho intramolecular Hbond substituents is 1. The number of hydrogen-bond acceptors (Lipinski definition) is 5. The van der Waals surface area contributed by atoms with Crippen molar-refractivity contribution >= 4 is 12.0 Å². The van der Waals surface area contributed by atoms with Gasteiger partial charge in [-0.2, -0.15) is 0 Å². The predicted octanol–water partition coefficient (Wildman–Crippen LogP) is 2.75. The van der Waals surface area contributed by atoms with Crippen LogP contribution in [-0.4, -0.2) is 32.3 Å². The molecule has 6 nitrogen and oxygen atoms in total. The highest BCUT2D eigenvalue weighted by molar-refractivity contribution is 5.91. The zero-order chi connectivity index (χ0) is 18.2. The number of phenols is 1. The molecule has 2 rings (SSSR count). The number of aromatic hydroxyl groups is 1. The maximum atomic E-state index is 12.0. The largest absolute Gasteiger partial charge is 0.504 e. The van der Waals surface area contributed by atoms with E-state index in [4.69, 9.17) is 14.2 Å². The van der Waals surface area contributed by atoms with Crippen molar-refractivity contribution in [3.8, 4) is 23.0 Å². The molecule has 0 fully saturated rings.